The Morgan fingerprint density at radius 2 is 2.30 bits per heavy atom. The lowest BCUT2D eigenvalue weighted by atomic mass is 9.85. The van der Waals surface area contributed by atoms with Gasteiger partial charge in [0.25, 0.3) is 5.56 Å². The largest absolute Gasteiger partial charge is 0.368 e. The lowest BCUT2D eigenvalue weighted by molar-refractivity contribution is -0.121. The molecule has 0 saturated heterocycles. The number of aromatic nitrogens is 2. The minimum atomic E-state index is -0.537. The fourth-order valence-electron chi connectivity index (χ4n) is 2.15. The highest BCUT2D eigenvalue weighted by Crippen LogP contribution is 2.27. The first-order valence-corrected chi connectivity index (χ1v) is 7.14. The third kappa shape index (κ3) is 3.12. The highest BCUT2D eigenvalue weighted by molar-refractivity contribution is 6.33. The second-order valence-corrected chi connectivity index (χ2v) is 5.54. The maximum atomic E-state index is 12.3. The van der Waals surface area contributed by atoms with Gasteiger partial charge in [-0.1, -0.05) is 18.0 Å². The summed E-state index contributed by atoms with van der Waals surface area (Å²) < 4.78 is 1.43. The van der Waals surface area contributed by atoms with Gasteiger partial charge < -0.3 is 10.6 Å². The van der Waals surface area contributed by atoms with E-state index in [0.29, 0.717) is 12.5 Å². The lowest BCUT2D eigenvalue weighted by Crippen LogP contribution is -2.38. The van der Waals surface area contributed by atoms with Crippen molar-refractivity contribution in [1.29, 1.82) is 0 Å². The number of carbonyl (C=O) groups excluding carboxylic acids is 1. The minimum Gasteiger partial charge on any atom is -0.368 e. The van der Waals surface area contributed by atoms with Crippen molar-refractivity contribution in [2.45, 2.75) is 38.8 Å². The summed E-state index contributed by atoms with van der Waals surface area (Å²) in [5.41, 5.74) is -0.0442. The van der Waals surface area contributed by atoms with Gasteiger partial charge in [0.2, 0.25) is 5.91 Å². The Labute approximate surface area is 122 Å². The standard InChI is InChI=1S/C13H19ClN4O2/c1-8(12(19)15-2)17-11-10(14)6-16-18(13(11)20)7-9-4-3-5-9/h6,8-9,17H,3-5,7H2,1-2H3,(H,15,19). The van der Waals surface area contributed by atoms with E-state index in [9.17, 15) is 9.59 Å². The van der Waals surface area contributed by atoms with Crippen molar-refractivity contribution in [1.82, 2.24) is 15.1 Å². The molecule has 0 aromatic carbocycles. The topological polar surface area (TPSA) is 76.0 Å². The third-order valence-electron chi connectivity index (χ3n) is 3.65. The van der Waals surface area contributed by atoms with Crippen LogP contribution in [0.5, 0.6) is 0 Å². The van der Waals surface area contributed by atoms with E-state index >= 15 is 0 Å². The molecule has 1 aromatic heterocycles. The van der Waals surface area contributed by atoms with Crippen LogP contribution in [-0.2, 0) is 11.3 Å². The summed E-state index contributed by atoms with van der Waals surface area (Å²) in [5, 5.41) is 9.68. The molecule has 1 aliphatic carbocycles. The molecular formula is C13H19ClN4O2. The summed E-state index contributed by atoms with van der Waals surface area (Å²) in [5.74, 6) is 0.313. The van der Waals surface area contributed by atoms with E-state index in [0.717, 1.165) is 12.8 Å². The molecule has 110 valence electrons. The number of rotatable bonds is 5. The average molecular weight is 299 g/mol. The van der Waals surface area contributed by atoms with E-state index in [4.69, 9.17) is 11.6 Å². The van der Waals surface area contributed by atoms with Crippen molar-refractivity contribution in [3.63, 3.8) is 0 Å². The Bertz CT molecular complexity index is 554. The van der Waals surface area contributed by atoms with Crippen LogP contribution >= 0.6 is 11.6 Å². The highest BCUT2D eigenvalue weighted by atomic mass is 35.5. The van der Waals surface area contributed by atoms with E-state index in [1.165, 1.54) is 17.3 Å². The van der Waals surface area contributed by atoms with Crippen LogP contribution in [0.2, 0.25) is 5.02 Å². The summed E-state index contributed by atoms with van der Waals surface area (Å²) in [6.45, 7) is 2.28. The molecule has 0 aliphatic heterocycles. The number of amides is 1. The molecule has 0 radical (unpaired) electrons. The minimum absolute atomic E-state index is 0.206. The number of nitrogens with zero attached hydrogens (tertiary/aromatic N) is 2. The number of hydrogen-bond acceptors (Lipinski definition) is 4. The third-order valence-corrected chi connectivity index (χ3v) is 3.94. The molecule has 2 N–H and O–H groups in total. The van der Waals surface area contributed by atoms with Crippen molar-refractivity contribution in [2.24, 2.45) is 5.92 Å². The van der Waals surface area contributed by atoms with Gasteiger partial charge >= 0.3 is 0 Å². The van der Waals surface area contributed by atoms with Gasteiger partial charge in [0.05, 0.1) is 11.2 Å². The van der Waals surface area contributed by atoms with Crippen LogP contribution in [0.15, 0.2) is 11.0 Å². The molecule has 1 aliphatic rings. The maximum Gasteiger partial charge on any atom is 0.291 e. The van der Waals surface area contributed by atoms with Gasteiger partial charge in [0.1, 0.15) is 11.7 Å². The first-order valence-electron chi connectivity index (χ1n) is 6.76. The van der Waals surface area contributed by atoms with E-state index in [1.807, 2.05) is 0 Å². The second kappa shape index (κ2) is 6.26. The van der Waals surface area contributed by atoms with Gasteiger partial charge in [-0.25, -0.2) is 4.68 Å². The molecule has 1 amide bonds. The Kier molecular flexibility index (Phi) is 4.65. The van der Waals surface area contributed by atoms with E-state index in [2.05, 4.69) is 15.7 Å². The van der Waals surface area contributed by atoms with Crippen LogP contribution in [0.3, 0.4) is 0 Å². The highest BCUT2D eigenvalue weighted by Gasteiger charge is 2.21. The quantitative estimate of drug-likeness (QED) is 0.857. The molecule has 7 heteroatoms. The zero-order chi connectivity index (χ0) is 14.7. The maximum absolute atomic E-state index is 12.3. The fraction of sp³-hybridized carbons (Fsp3) is 0.615. The predicted octanol–water partition coefficient (Wildman–Crippen LogP) is 1.24. The molecular weight excluding hydrogens is 280 g/mol. The van der Waals surface area contributed by atoms with Crippen molar-refractivity contribution in [3.05, 3.63) is 21.6 Å². The summed E-state index contributed by atoms with van der Waals surface area (Å²) in [4.78, 5) is 23.8. The summed E-state index contributed by atoms with van der Waals surface area (Å²) >= 11 is 6.01. The molecule has 1 heterocycles. The first-order chi connectivity index (χ1) is 9.52. The van der Waals surface area contributed by atoms with Gasteiger partial charge in [-0.2, -0.15) is 5.10 Å². The molecule has 0 spiro atoms. The Morgan fingerprint density at radius 3 is 2.85 bits per heavy atom. The van der Waals surface area contributed by atoms with E-state index in [-0.39, 0.29) is 22.2 Å². The molecule has 0 bridgehead atoms. The van der Waals surface area contributed by atoms with Gasteiger partial charge in [-0.3, -0.25) is 9.59 Å². The van der Waals surface area contributed by atoms with Gasteiger partial charge in [0.15, 0.2) is 0 Å². The smallest absolute Gasteiger partial charge is 0.291 e. The van der Waals surface area contributed by atoms with Crippen LogP contribution < -0.4 is 16.2 Å². The molecule has 1 unspecified atom stereocenters. The van der Waals surface area contributed by atoms with Crippen LogP contribution in [0, 0.1) is 5.92 Å². The normalized spacial score (nSPS) is 16.4. The summed E-state index contributed by atoms with van der Waals surface area (Å²) in [6, 6.07) is -0.537. The Morgan fingerprint density at radius 1 is 1.60 bits per heavy atom. The van der Waals surface area contributed by atoms with Crippen LogP contribution in [-0.4, -0.2) is 28.8 Å². The molecule has 1 fully saturated rings. The van der Waals surface area contributed by atoms with Gasteiger partial charge in [0, 0.05) is 13.6 Å². The van der Waals surface area contributed by atoms with Crippen molar-refractivity contribution in [3.8, 4) is 0 Å². The zero-order valence-corrected chi connectivity index (χ0v) is 12.4. The molecule has 1 saturated carbocycles. The van der Waals surface area contributed by atoms with Crippen molar-refractivity contribution in [2.75, 3.05) is 12.4 Å². The molecule has 20 heavy (non-hydrogen) atoms. The molecule has 6 nitrogen and oxygen atoms in total. The molecule has 1 aromatic rings. The van der Waals surface area contributed by atoms with Crippen molar-refractivity contribution >= 4 is 23.2 Å². The van der Waals surface area contributed by atoms with Crippen LogP contribution in [0.25, 0.3) is 0 Å². The number of likely N-dealkylation sites (N-methyl/N-ethyl adjacent to an activating group) is 1. The first kappa shape index (κ1) is 14.8. The molecule has 2 rings (SSSR count). The number of hydrogen-bond donors (Lipinski definition) is 2. The fourth-order valence-corrected chi connectivity index (χ4v) is 2.33. The SMILES string of the molecule is CNC(=O)C(C)Nc1c(Cl)cnn(CC2CCC2)c1=O. The van der Waals surface area contributed by atoms with Crippen LogP contribution in [0.4, 0.5) is 5.69 Å². The number of carbonyl (C=O) groups is 1. The molecule has 1 atom stereocenters. The number of anilines is 1. The Balaban J connectivity index is 2.20. The Hall–Kier alpha value is -1.56. The van der Waals surface area contributed by atoms with Crippen LogP contribution in [0.1, 0.15) is 26.2 Å². The van der Waals surface area contributed by atoms with Gasteiger partial charge in [-0.15, -0.1) is 0 Å². The van der Waals surface area contributed by atoms with Gasteiger partial charge in [-0.05, 0) is 25.7 Å². The average Bonchev–Trinajstić information content (AvgIpc) is 2.39. The summed E-state index contributed by atoms with van der Waals surface area (Å²) in [6.07, 6.45) is 4.93. The summed E-state index contributed by atoms with van der Waals surface area (Å²) in [7, 11) is 1.55. The predicted molar refractivity (Wildman–Crippen MR) is 78.0 cm³/mol. The van der Waals surface area contributed by atoms with E-state index < -0.39 is 6.04 Å². The zero-order valence-electron chi connectivity index (χ0n) is 11.6. The number of halogens is 1. The lowest BCUT2D eigenvalue weighted by Gasteiger charge is -2.25. The van der Waals surface area contributed by atoms with Crippen molar-refractivity contribution < 1.29 is 4.79 Å². The monoisotopic (exact) mass is 298 g/mol. The number of nitrogens with one attached hydrogen (secondary N) is 2. The second-order valence-electron chi connectivity index (χ2n) is 5.13. The van der Waals surface area contributed by atoms with E-state index in [1.54, 1.807) is 14.0 Å².